The number of hydrogen-bond acceptors (Lipinski definition) is 5. The van der Waals surface area contributed by atoms with Crippen molar-refractivity contribution in [3.05, 3.63) is 24.3 Å². The lowest BCUT2D eigenvalue weighted by atomic mass is 10.0. The van der Waals surface area contributed by atoms with Crippen LogP contribution in [0.15, 0.2) is 24.3 Å². The van der Waals surface area contributed by atoms with E-state index in [2.05, 4.69) is 38.2 Å². The van der Waals surface area contributed by atoms with Gasteiger partial charge in [-0.3, -0.25) is 9.59 Å². The number of carbonyl (C=O) groups is 2. The molecule has 1 unspecified atom stereocenters. The van der Waals surface area contributed by atoms with Crippen LogP contribution in [-0.2, 0) is 19.1 Å². The van der Waals surface area contributed by atoms with Crippen molar-refractivity contribution in [1.29, 1.82) is 0 Å². The Balaban J connectivity index is 3.46. The summed E-state index contributed by atoms with van der Waals surface area (Å²) in [6.07, 6.45) is 37.0. The van der Waals surface area contributed by atoms with Crippen LogP contribution < -0.4 is 0 Å². The zero-order valence-corrected chi connectivity index (χ0v) is 27.8. The van der Waals surface area contributed by atoms with E-state index in [-0.39, 0.29) is 12.8 Å². The van der Waals surface area contributed by atoms with Gasteiger partial charge in [-0.05, 0) is 44.9 Å². The summed E-state index contributed by atoms with van der Waals surface area (Å²) in [4.78, 5) is 23.9. The fourth-order valence-electron chi connectivity index (χ4n) is 4.98. The van der Waals surface area contributed by atoms with E-state index >= 15 is 0 Å². The van der Waals surface area contributed by atoms with Gasteiger partial charge in [0.05, 0.1) is 32.2 Å². The van der Waals surface area contributed by atoms with Crippen molar-refractivity contribution in [2.24, 2.45) is 0 Å². The Bertz CT molecular complexity index is 642. The van der Waals surface area contributed by atoms with Gasteiger partial charge in [-0.2, -0.15) is 0 Å². The van der Waals surface area contributed by atoms with E-state index in [9.17, 15) is 14.7 Å². The molecule has 0 aromatic heterocycles. The molecule has 42 heavy (non-hydrogen) atoms. The number of esters is 2. The first-order valence-electron chi connectivity index (χ1n) is 17.9. The van der Waals surface area contributed by atoms with Crippen LogP contribution in [0.5, 0.6) is 0 Å². The van der Waals surface area contributed by atoms with Crippen molar-refractivity contribution < 1.29 is 24.2 Å². The third-order valence-electron chi connectivity index (χ3n) is 7.67. The number of carbonyl (C=O) groups excluding carboxylic acids is 2. The lowest BCUT2D eigenvalue weighted by Crippen LogP contribution is -2.21. The van der Waals surface area contributed by atoms with E-state index in [1.165, 1.54) is 109 Å². The van der Waals surface area contributed by atoms with Crippen molar-refractivity contribution in [3.63, 3.8) is 0 Å². The highest BCUT2D eigenvalue weighted by atomic mass is 16.5. The molecule has 0 fully saturated rings. The van der Waals surface area contributed by atoms with Gasteiger partial charge in [0.15, 0.2) is 0 Å². The molecule has 0 heterocycles. The van der Waals surface area contributed by atoms with Crippen LogP contribution in [0.4, 0.5) is 0 Å². The second-order valence-corrected chi connectivity index (χ2v) is 12.0. The lowest BCUT2D eigenvalue weighted by Gasteiger charge is -2.10. The Labute approximate surface area is 260 Å². The lowest BCUT2D eigenvalue weighted by molar-refractivity contribution is -0.149. The molecule has 0 saturated carbocycles. The highest BCUT2D eigenvalue weighted by Gasteiger charge is 2.16. The number of ether oxygens (including phenoxy) is 2. The molecule has 0 aliphatic carbocycles. The van der Waals surface area contributed by atoms with Crippen molar-refractivity contribution in [3.8, 4) is 0 Å². The molecule has 0 rings (SSSR count). The van der Waals surface area contributed by atoms with Gasteiger partial charge in [0, 0.05) is 0 Å². The van der Waals surface area contributed by atoms with Crippen LogP contribution in [0.1, 0.15) is 181 Å². The second-order valence-electron chi connectivity index (χ2n) is 12.0. The second kappa shape index (κ2) is 33.9. The molecule has 1 atom stereocenters. The number of aliphatic hydroxyl groups excluding tert-OH is 1. The minimum Gasteiger partial charge on any atom is -0.466 e. The Morgan fingerprint density at radius 1 is 0.500 bits per heavy atom. The van der Waals surface area contributed by atoms with Gasteiger partial charge in [-0.1, -0.05) is 147 Å². The van der Waals surface area contributed by atoms with Crippen LogP contribution in [-0.4, -0.2) is 36.4 Å². The first-order valence-corrected chi connectivity index (χ1v) is 17.9. The maximum atomic E-state index is 11.9. The van der Waals surface area contributed by atoms with E-state index in [1.807, 2.05) is 0 Å². The third-order valence-corrected chi connectivity index (χ3v) is 7.67. The van der Waals surface area contributed by atoms with Gasteiger partial charge in [0.25, 0.3) is 0 Å². The molecule has 0 amide bonds. The number of allylic oxidation sites excluding steroid dienone is 4. The molecule has 0 bridgehead atoms. The number of aliphatic hydroxyl groups is 1. The van der Waals surface area contributed by atoms with Gasteiger partial charge in [-0.15, -0.1) is 0 Å². The molecule has 0 radical (unpaired) electrons. The average Bonchev–Trinajstić information content (AvgIpc) is 2.97. The Kier molecular flexibility index (Phi) is 32.6. The molecule has 0 aliphatic heterocycles. The van der Waals surface area contributed by atoms with Crippen LogP contribution in [0.3, 0.4) is 0 Å². The van der Waals surface area contributed by atoms with Crippen LogP contribution in [0, 0.1) is 0 Å². The SMILES string of the molecule is CCCCC/C=C\C/C=C\CCCCCCCOC(=O)CC(O)CC(=O)OCCCCCCCCCCCCCCC. The third kappa shape index (κ3) is 32.9. The molecule has 0 spiro atoms. The van der Waals surface area contributed by atoms with E-state index in [0.29, 0.717) is 13.2 Å². The molecule has 0 aliphatic rings. The Morgan fingerprint density at radius 2 is 0.833 bits per heavy atom. The van der Waals surface area contributed by atoms with Gasteiger partial charge >= 0.3 is 11.9 Å². The molecule has 0 saturated heterocycles. The summed E-state index contributed by atoms with van der Waals surface area (Å²) in [7, 11) is 0. The van der Waals surface area contributed by atoms with E-state index < -0.39 is 18.0 Å². The molecule has 5 nitrogen and oxygen atoms in total. The van der Waals surface area contributed by atoms with Crippen molar-refractivity contribution in [1.82, 2.24) is 0 Å². The van der Waals surface area contributed by atoms with Crippen LogP contribution in [0.2, 0.25) is 0 Å². The average molecular weight is 593 g/mol. The molecule has 5 heteroatoms. The summed E-state index contributed by atoms with van der Waals surface area (Å²) in [6, 6.07) is 0. The highest BCUT2D eigenvalue weighted by molar-refractivity contribution is 5.73. The van der Waals surface area contributed by atoms with Gasteiger partial charge < -0.3 is 14.6 Å². The summed E-state index contributed by atoms with van der Waals surface area (Å²) >= 11 is 0. The minimum atomic E-state index is -1.04. The quantitative estimate of drug-likeness (QED) is 0.0478. The summed E-state index contributed by atoms with van der Waals surface area (Å²) in [5, 5.41) is 10.0. The summed E-state index contributed by atoms with van der Waals surface area (Å²) in [5.74, 6) is -0.890. The summed E-state index contributed by atoms with van der Waals surface area (Å²) < 4.78 is 10.5. The minimum absolute atomic E-state index is 0.156. The topological polar surface area (TPSA) is 72.8 Å². The molecular weight excluding hydrogens is 524 g/mol. The standard InChI is InChI=1S/C37H68O5/c1-3-5-7-9-11-13-15-17-18-20-22-24-26-28-30-32-42-37(40)34-35(38)33-36(39)41-31-29-27-25-23-21-19-16-14-12-10-8-6-4-2/h11,13,17-18,35,38H,3-10,12,14-16,19-34H2,1-2H3/b13-11-,18-17-. The van der Waals surface area contributed by atoms with Gasteiger partial charge in [-0.25, -0.2) is 0 Å². The number of rotatable bonds is 32. The summed E-state index contributed by atoms with van der Waals surface area (Å²) in [6.45, 7) is 5.26. The van der Waals surface area contributed by atoms with Gasteiger partial charge in [0.1, 0.15) is 0 Å². The molecule has 0 aromatic rings. The Morgan fingerprint density at radius 3 is 1.26 bits per heavy atom. The maximum absolute atomic E-state index is 11.9. The van der Waals surface area contributed by atoms with E-state index in [0.717, 1.165) is 44.9 Å². The van der Waals surface area contributed by atoms with Crippen molar-refractivity contribution >= 4 is 11.9 Å². The predicted octanol–water partition coefficient (Wildman–Crippen LogP) is 10.7. The van der Waals surface area contributed by atoms with Crippen LogP contribution in [0.25, 0.3) is 0 Å². The molecule has 1 N–H and O–H groups in total. The normalized spacial score (nSPS) is 12.4. The fourth-order valence-corrected chi connectivity index (χ4v) is 4.98. The smallest absolute Gasteiger partial charge is 0.308 e. The maximum Gasteiger partial charge on any atom is 0.308 e. The Hall–Kier alpha value is -1.62. The fraction of sp³-hybridized carbons (Fsp3) is 0.838. The zero-order chi connectivity index (χ0) is 30.8. The zero-order valence-electron chi connectivity index (χ0n) is 27.8. The highest BCUT2D eigenvalue weighted by Crippen LogP contribution is 2.13. The predicted molar refractivity (Wildman–Crippen MR) is 178 cm³/mol. The van der Waals surface area contributed by atoms with E-state index in [1.54, 1.807) is 0 Å². The van der Waals surface area contributed by atoms with Crippen molar-refractivity contribution in [2.45, 2.75) is 187 Å². The molecule has 246 valence electrons. The van der Waals surface area contributed by atoms with Gasteiger partial charge in [0.2, 0.25) is 0 Å². The summed E-state index contributed by atoms with van der Waals surface area (Å²) in [5.41, 5.74) is 0. The molecular formula is C37H68O5. The number of hydrogen-bond donors (Lipinski definition) is 1. The number of unbranched alkanes of at least 4 members (excludes halogenated alkanes) is 20. The van der Waals surface area contributed by atoms with Crippen molar-refractivity contribution in [2.75, 3.05) is 13.2 Å². The van der Waals surface area contributed by atoms with E-state index in [4.69, 9.17) is 9.47 Å². The molecule has 0 aromatic carbocycles. The first-order chi connectivity index (χ1) is 20.6. The first kappa shape index (κ1) is 40.4. The largest absolute Gasteiger partial charge is 0.466 e. The van der Waals surface area contributed by atoms with Crippen LogP contribution >= 0.6 is 0 Å². The monoisotopic (exact) mass is 593 g/mol.